The highest BCUT2D eigenvalue weighted by atomic mass is 35.5. The molecule has 0 bridgehead atoms. The Kier molecular flexibility index (Phi) is 5.94. The monoisotopic (exact) mass is 380 g/mol. The average molecular weight is 381 g/mol. The number of rotatable bonds is 7. The van der Waals surface area contributed by atoms with Crippen molar-refractivity contribution in [2.75, 3.05) is 6.54 Å². The molecule has 0 unspecified atom stereocenters. The molecule has 1 fully saturated rings. The fraction of sp³-hybridized carbons (Fsp3) is 0.316. The number of nitrogens with one attached hydrogen (secondary N) is 1. The summed E-state index contributed by atoms with van der Waals surface area (Å²) < 4.78 is 13.0. The van der Waals surface area contributed by atoms with Crippen LogP contribution < -0.4 is 5.32 Å². The van der Waals surface area contributed by atoms with E-state index in [0.717, 1.165) is 24.0 Å². The summed E-state index contributed by atoms with van der Waals surface area (Å²) in [5.41, 5.74) is 1.83. The van der Waals surface area contributed by atoms with Crippen LogP contribution in [0.25, 0.3) is 0 Å². The molecule has 2 aromatic rings. The van der Waals surface area contributed by atoms with Crippen molar-refractivity contribution >= 4 is 29.1 Å². The summed E-state index contributed by atoms with van der Waals surface area (Å²) in [5.74, 6) is -0.306. The highest BCUT2D eigenvalue weighted by Gasteiger charge is 2.30. The summed E-state index contributed by atoms with van der Waals surface area (Å²) in [5, 5.41) is 4.01. The number of benzene rings is 2. The van der Waals surface area contributed by atoms with Gasteiger partial charge >= 0.3 is 0 Å². The van der Waals surface area contributed by atoms with Crippen molar-refractivity contribution in [1.82, 2.24) is 10.2 Å². The lowest BCUT2D eigenvalue weighted by molar-refractivity contribution is -0.122. The summed E-state index contributed by atoms with van der Waals surface area (Å²) in [6, 6.07) is 12.1. The predicted molar refractivity (Wildman–Crippen MR) is 98.1 cm³/mol. The van der Waals surface area contributed by atoms with Crippen molar-refractivity contribution in [3.63, 3.8) is 0 Å². The Morgan fingerprint density at radius 3 is 2.52 bits per heavy atom. The predicted octanol–water partition coefficient (Wildman–Crippen LogP) is 4.41. The van der Waals surface area contributed by atoms with Crippen LogP contribution in [-0.4, -0.2) is 23.4 Å². The van der Waals surface area contributed by atoms with Crippen LogP contribution in [0.1, 0.15) is 24.0 Å². The van der Waals surface area contributed by atoms with Gasteiger partial charge in [-0.1, -0.05) is 41.4 Å². The molecule has 1 saturated carbocycles. The van der Waals surface area contributed by atoms with Crippen LogP contribution in [0.2, 0.25) is 10.0 Å². The molecule has 3 rings (SSSR count). The molecule has 0 radical (unpaired) electrons. The van der Waals surface area contributed by atoms with Gasteiger partial charge in [0.25, 0.3) is 0 Å². The lowest BCUT2D eigenvalue weighted by Crippen LogP contribution is -2.37. The molecule has 132 valence electrons. The van der Waals surface area contributed by atoms with Crippen LogP contribution in [0.15, 0.2) is 42.5 Å². The van der Waals surface area contributed by atoms with E-state index in [-0.39, 0.29) is 11.7 Å². The van der Waals surface area contributed by atoms with Crippen molar-refractivity contribution in [3.8, 4) is 0 Å². The molecule has 3 nitrogen and oxygen atoms in total. The molecule has 0 aliphatic heterocycles. The maximum atomic E-state index is 13.0. The highest BCUT2D eigenvalue weighted by Crippen LogP contribution is 2.28. The maximum Gasteiger partial charge on any atom is 0.234 e. The van der Waals surface area contributed by atoms with Gasteiger partial charge in [0.05, 0.1) is 6.54 Å². The van der Waals surface area contributed by atoms with E-state index in [0.29, 0.717) is 35.7 Å². The Balaban J connectivity index is 1.54. The maximum absolute atomic E-state index is 13.0. The molecule has 1 aliphatic carbocycles. The molecule has 1 aliphatic rings. The number of hydrogen-bond donors (Lipinski definition) is 1. The van der Waals surface area contributed by atoms with E-state index in [4.69, 9.17) is 23.2 Å². The molecule has 25 heavy (non-hydrogen) atoms. The fourth-order valence-electron chi connectivity index (χ4n) is 2.68. The molecule has 1 N–H and O–H groups in total. The molecule has 6 heteroatoms. The second kappa shape index (κ2) is 8.17. The Labute approximate surface area is 156 Å². The van der Waals surface area contributed by atoms with E-state index in [1.165, 1.54) is 12.1 Å². The Bertz CT molecular complexity index is 748. The third-order valence-corrected chi connectivity index (χ3v) is 4.79. The van der Waals surface area contributed by atoms with Crippen molar-refractivity contribution in [2.45, 2.75) is 32.0 Å². The van der Waals surface area contributed by atoms with E-state index >= 15 is 0 Å². The van der Waals surface area contributed by atoms with Crippen LogP contribution in [0.4, 0.5) is 4.39 Å². The largest absolute Gasteiger partial charge is 0.351 e. The second-order valence-electron chi connectivity index (χ2n) is 6.28. The van der Waals surface area contributed by atoms with Crippen LogP contribution >= 0.6 is 23.2 Å². The van der Waals surface area contributed by atoms with E-state index in [1.807, 2.05) is 6.07 Å². The molecule has 0 aromatic heterocycles. The molecule has 0 atom stereocenters. The molecule has 0 spiro atoms. The number of halogens is 3. The summed E-state index contributed by atoms with van der Waals surface area (Å²) >= 11 is 12.0. The lowest BCUT2D eigenvalue weighted by Gasteiger charge is -2.21. The number of carbonyl (C=O) groups is 1. The van der Waals surface area contributed by atoms with Gasteiger partial charge in [-0.05, 0) is 48.2 Å². The van der Waals surface area contributed by atoms with Crippen LogP contribution in [-0.2, 0) is 17.9 Å². The number of nitrogens with zero attached hydrogens (tertiary/aromatic N) is 1. The summed E-state index contributed by atoms with van der Waals surface area (Å²) in [7, 11) is 0. The fourth-order valence-corrected chi connectivity index (χ4v) is 3.15. The topological polar surface area (TPSA) is 32.3 Å². The van der Waals surface area contributed by atoms with Gasteiger partial charge in [0.1, 0.15) is 5.82 Å². The van der Waals surface area contributed by atoms with Gasteiger partial charge in [0, 0.05) is 29.2 Å². The van der Waals surface area contributed by atoms with Crippen molar-refractivity contribution in [1.29, 1.82) is 0 Å². The van der Waals surface area contributed by atoms with Gasteiger partial charge < -0.3 is 5.32 Å². The minimum Gasteiger partial charge on any atom is -0.351 e. The van der Waals surface area contributed by atoms with Gasteiger partial charge in [-0.3, -0.25) is 9.69 Å². The minimum atomic E-state index is -0.251. The van der Waals surface area contributed by atoms with E-state index < -0.39 is 0 Å². The summed E-state index contributed by atoms with van der Waals surface area (Å²) in [6.07, 6.45) is 2.19. The van der Waals surface area contributed by atoms with Gasteiger partial charge in [-0.25, -0.2) is 4.39 Å². The summed E-state index contributed by atoms with van der Waals surface area (Å²) in [4.78, 5) is 14.4. The summed E-state index contributed by atoms with van der Waals surface area (Å²) in [6.45, 7) is 1.32. The van der Waals surface area contributed by atoms with E-state index in [1.54, 1.807) is 24.3 Å². The average Bonchev–Trinajstić information content (AvgIpc) is 3.40. The Morgan fingerprint density at radius 1 is 1.16 bits per heavy atom. The molecule has 2 aromatic carbocycles. The third-order valence-electron chi connectivity index (χ3n) is 4.20. The third kappa shape index (κ3) is 5.43. The molecule has 0 saturated heterocycles. The normalized spacial score (nSPS) is 13.9. The molecule has 1 amide bonds. The van der Waals surface area contributed by atoms with Gasteiger partial charge in [0.15, 0.2) is 0 Å². The first kappa shape index (κ1) is 18.2. The second-order valence-corrected chi connectivity index (χ2v) is 7.12. The van der Waals surface area contributed by atoms with Crippen LogP contribution in [0.5, 0.6) is 0 Å². The number of carbonyl (C=O) groups excluding carboxylic acids is 1. The molecular formula is C19H19Cl2FN2O. The Morgan fingerprint density at radius 2 is 1.88 bits per heavy atom. The Hall–Kier alpha value is -1.62. The zero-order valence-electron chi connectivity index (χ0n) is 13.6. The van der Waals surface area contributed by atoms with Crippen LogP contribution in [0, 0.1) is 5.82 Å². The van der Waals surface area contributed by atoms with Crippen molar-refractivity contribution < 1.29 is 9.18 Å². The lowest BCUT2D eigenvalue weighted by atomic mass is 10.2. The van der Waals surface area contributed by atoms with Gasteiger partial charge in [-0.2, -0.15) is 0 Å². The van der Waals surface area contributed by atoms with Gasteiger partial charge in [-0.15, -0.1) is 0 Å². The smallest absolute Gasteiger partial charge is 0.234 e. The first-order chi connectivity index (χ1) is 12.0. The van der Waals surface area contributed by atoms with Crippen molar-refractivity contribution in [3.05, 3.63) is 69.5 Å². The first-order valence-electron chi connectivity index (χ1n) is 8.20. The standard InChI is InChI=1S/C19H19Cl2FN2O/c20-15-4-3-14(18(21)9-15)10-23-19(25)12-24(17-7-8-17)11-13-1-5-16(22)6-2-13/h1-6,9,17H,7-8,10-12H2,(H,23,25). The number of hydrogen-bond acceptors (Lipinski definition) is 2. The zero-order valence-corrected chi connectivity index (χ0v) is 15.2. The SMILES string of the molecule is O=C(CN(Cc1ccc(F)cc1)C1CC1)NCc1ccc(Cl)cc1Cl. The minimum absolute atomic E-state index is 0.0555. The molecule has 0 heterocycles. The van der Waals surface area contributed by atoms with Crippen molar-refractivity contribution in [2.24, 2.45) is 0 Å². The zero-order chi connectivity index (χ0) is 17.8. The number of amides is 1. The van der Waals surface area contributed by atoms with E-state index in [2.05, 4.69) is 10.2 Å². The highest BCUT2D eigenvalue weighted by molar-refractivity contribution is 6.35. The van der Waals surface area contributed by atoms with Crippen LogP contribution in [0.3, 0.4) is 0 Å². The van der Waals surface area contributed by atoms with Gasteiger partial charge in [0.2, 0.25) is 5.91 Å². The molecular weight excluding hydrogens is 362 g/mol. The first-order valence-corrected chi connectivity index (χ1v) is 8.96. The van der Waals surface area contributed by atoms with E-state index in [9.17, 15) is 9.18 Å². The quantitative estimate of drug-likeness (QED) is 0.771.